The molecule has 0 saturated carbocycles. The largest absolute Gasteiger partial charge is 0.484 e. The maximum absolute atomic E-state index is 11.0. The molecule has 0 radical (unpaired) electrons. The maximum atomic E-state index is 11.0. The van der Waals surface area contributed by atoms with Crippen LogP contribution >= 0.6 is 0 Å². The van der Waals surface area contributed by atoms with E-state index < -0.39 is 22.7 Å². The first-order valence-electron chi connectivity index (χ1n) is 6.84. The average Bonchev–Trinajstić information content (AvgIpc) is 2.34. The van der Waals surface area contributed by atoms with Gasteiger partial charge in [0.1, 0.15) is 23.1 Å². The van der Waals surface area contributed by atoms with Crippen LogP contribution < -0.4 is 15.8 Å². The summed E-state index contributed by atoms with van der Waals surface area (Å²) < 4.78 is 5.74. The van der Waals surface area contributed by atoms with Crippen LogP contribution in [-0.2, 0) is 0 Å². The molecule has 0 spiro atoms. The number of ether oxygens (including phenoxy) is 1. The third-order valence-corrected chi connectivity index (χ3v) is 3.60. The number of nitrogens with one attached hydrogen (secondary N) is 1. The second-order valence-electron chi connectivity index (χ2n) is 6.16. The predicted molar refractivity (Wildman–Crippen MR) is 86.0 cm³/mol. The van der Waals surface area contributed by atoms with E-state index in [0.717, 1.165) is 0 Å². The van der Waals surface area contributed by atoms with Gasteiger partial charge in [-0.3, -0.25) is 10.1 Å². The van der Waals surface area contributed by atoms with Gasteiger partial charge in [-0.15, -0.1) is 0 Å². The van der Waals surface area contributed by atoms with Crippen molar-refractivity contribution in [2.45, 2.75) is 58.9 Å². The first-order chi connectivity index (χ1) is 9.63. The third-order valence-electron chi connectivity index (χ3n) is 3.60. The molecule has 0 aromatic heterocycles. The molecule has 1 aromatic rings. The summed E-state index contributed by atoms with van der Waals surface area (Å²) in [5.74, 6) is 0.379. The molecule has 2 atom stereocenters. The summed E-state index contributed by atoms with van der Waals surface area (Å²) in [7, 11) is 0. The lowest BCUT2D eigenvalue weighted by molar-refractivity contribution is -0.384. The van der Waals surface area contributed by atoms with Gasteiger partial charge in [-0.05, 0) is 19.9 Å². The molecule has 2 rings (SSSR count). The molecule has 1 aromatic carbocycles. The minimum Gasteiger partial charge on any atom is -0.484 e. The maximum Gasteiger partial charge on any atom is 0.295 e. The molecular formula is C15H25N3O4. The molecule has 124 valence electrons. The molecule has 1 aliphatic rings. The number of nitrogens with two attached hydrogens (primary N) is 1. The number of aliphatic hydroxyl groups excluding tert-OH is 1. The van der Waals surface area contributed by atoms with Gasteiger partial charge in [-0.25, -0.2) is 0 Å². The standard InChI is InChI=1S/C14H21N3O4.CH4/c1-7(2)16-12-8-5-9(15)10(17(19)20)6-11(8)21-14(3,4)13(12)18;/h5-7,12-13,16,18H,15H2,1-4H3;1H4. The smallest absolute Gasteiger partial charge is 0.295 e. The molecule has 1 heterocycles. The summed E-state index contributed by atoms with van der Waals surface area (Å²) in [4.78, 5) is 10.5. The first-order valence-corrected chi connectivity index (χ1v) is 6.84. The van der Waals surface area contributed by atoms with Crippen LogP contribution in [0.1, 0.15) is 46.7 Å². The van der Waals surface area contributed by atoms with E-state index in [1.807, 2.05) is 13.8 Å². The SMILES string of the molecule is C.CC(C)NC1c2cc(N)c([N+](=O)[O-])cc2OC(C)(C)C1O. The summed E-state index contributed by atoms with van der Waals surface area (Å²) in [5.41, 5.74) is 5.39. The van der Waals surface area contributed by atoms with Crippen molar-refractivity contribution in [2.24, 2.45) is 0 Å². The van der Waals surface area contributed by atoms with Crippen LogP contribution in [0.3, 0.4) is 0 Å². The van der Waals surface area contributed by atoms with Crippen LogP contribution in [0.5, 0.6) is 5.75 Å². The van der Waals surface area contributed by atoms with Crippen LogP contribution in [-0.4, -0.2) is 27.8 Å². The monoisotopic (exact) mass is 311 g/mol. The van der Waals surface area contributed by atoms with E-state index in [0.29, 0.717) is 11.3 Å². The molecule has 1 aliphatic heterocycles. The highest BCUT2D eigenvalue weighted by Gasteiger charge is 2.43. The van der Waals surface area contributed by atoms with Gasteiger partial charge in [0.05, 0.1) is 17.0 Å². The van der Waals surface area contributed by atoms with E-state index in [-0.39, 0.29) is 24.8 Å². The molecule has 2 unspecified atom stereocenters. The predicted octanol–water partition coefficient (Wildman–Crippen LogP) is 2.38. The Kier molecular flexibility index (Phi) is 5.04. The van der Waals surface area contributed by atoms with E-state index in [1.165, 1.54) is 12.1 Å². The number of nitro groups is 1. The fraction of sp³-hybridized carbons (Fsp3) is 0.600. The lowest BCUT2D eigenvalue weighted by atomic mass is 9.86. The van der Waals surface area contributed by atoms with Crippen LogP contribution in [0.2, 0.25) is 0 Å². The number of anilines is 1. The Morgan fingerprint density at radius 3 is 2.55 bits per heavy atom. The van der Waals surface area contributed by atoms with Crippen LogP contribution in [0.4, 0.5) is 11.4 Å². The number of nitrogen functional groups attached to an aromatic ring is 1. The number of hydrogen-bond acceptors (Lipinski definition) is 6. The molecule has 0 saturated heterocycles. The minimum absolute atomic E-state index is 0. The van der Waals surface area contributed by atoms with Crippen molar-refractivity contribution < 1.29 is 14.8 Å². The van der Waals surface area contributed by atoms with Crippen LogP contribution in [0.15, 0.2) is 12.1 Å². The summed E-state index contributed by atoms with van der Waals surface area (Å²) >= 11 is 0. The highest BCUT2D eigenvalue weighted by Crippen LogP contribution is 2.43. The van der Waals surface area contributed by atoms with Gasteiger partial charge < -0.3 is 20.9 Å². The molecule has 0 amide bonds. The van der Waals surface area contributed by atoms with Crippen molar-refractivity contribution in [1.29, 1.82) is 0 Å². The topological polar surface area (TPSA) is 111 Å². The van der Waals surface area contributed by atoms with E-state index in [4.69, 9.17) is 10.5 Å². The Morgan fingerprint density at radius 2 is 2.05 bits per heavy atom. The Balaban J connectivity index is 0.00000242. The summed E-state index contributed by atoms with van der Waals surface area (Å²) in [6, 6.07) is 2.56. The zero-order valence-electron chi connectivity index (χ0n) is 12.6. The lowest BCUT2D eigenvalue weighted by Crippen LogP contribution is -2.53. The molecule has 0 bridgehead atoms. The van der Waals surface area contributed by atoms with Gasteiger partial charge in [-0.1, -0.05) is 21.3 Å². The van der Waals surface area contributed by atoms with Crippen molar-refractivity contribution in [2.75, 3.05) is 5.73 Å². The zero-order valence-corrected chi connectivity index (χ0v) is 12.6. The number of aliphatic hydroxyl groups is 1. The van der Waals surface area contributed by atoms with Crippen LogP contribution in [0.25, 0.3) is 0 Å². The Labute approximate surface area is 130 Å². The zero-order chi connectivity index (χ0) is 15.9. The van der Waals surface area contributed by atoms with Gasteiger partial charge in [0.15, 0.2) is 0 Å². The minimum atomic E-state index is -0.858. The first kappa shape index (κ1) is 18.2. The van der Waals surface area contributed by atoms with Gasteiger partial charge in [0.25, 0.3) is 5.69 Å². The summed E-state index contributed by atoms with van der Waals surface area (Å²) in [6.45, 7) is 7.42. The van der Waals surface area contributed by atoms with Gasteiger partial charge in [0, 0.05) is 11.6 Å². The number of benzene rings is 1. The molecule has 22 heavy (non-hydrogen) atoms. The molecular weight excluding hydrogens is 286 g/mol. The van der Waals surface area contributed by atoms with Crippen molar-refractivity contribution in [3.05, 3.63) is 27.8 Å². The van der Waals surface area contributed by atoms with E-state index in [1.54, 1.807) is 13.8 Å². The van der Waals surface area contributed by atoms with E-state index in [9.17, 15) is 15.2 Å². The van der Waals surface area contributed by atoms with Gasteiger partial charge in [0.2, 0.25) is 0 Å². The molecule has 7 nitrogen and oxygen atoms in total. The fourth-order valence-electron chi connectivity index (χ4n) is 2.55. The second-order valence-corrected chi connectivity index (χ2v) is 6.16. The van der Waals surface area contributed by atoms with Crippen molar-refractivity contribution >= 4 is 11.4 Å². The number of rotatable bonds is 3. The van der Waals surface area contributed by atoms with Gasteiger partial charge in [-0.2, -0.15) is 0 Å². The van der Waals surface area contributed by atoms with Crippen molar-refractivity contribution in [1.82, 2.24) is 5.32 Å². The number of nitro benzene ring substituents is 1. The number of hydrogen-bond donors (Lipinski definition) is 3. The quantitative estimate of drug-likeness (QED) is 0.449. The lowest BCUT2D eigenvalue weighted by Gasteiger charge is -2.43. The normalized spacial score (nSPS) is 22.5. The third kappa shape index (κ3) is 3.15. The summed E-state index contributed by atoms with van der Waals surface area (Å²) in [6.07, 6.45) is -0.798. The molecule has 0 aliphatic carbocycles. The summed E-state index contributed by atoms with van der Waals surface area (Å²) in [5, 5.41) is 24.8. The van der Waals surface area contributed by atoms with E-state index in [2.05, 4.69) is 5.32 Å². The molecule has 7 heteroatoms. The highest BCUT2D eigenvalue weighted by molar-refractivity contribution is 5.65. The van der Waals surface area contributed by atoms with Crippen molar-refractivity contribution in [3.8, 4) is 5.75 Å². The van der Waals surface area contributed by atoms with Gasteiger partial charge >= 0.3 is 0 Å². The Hall–Kier alpha value is -1.86. The van der Waals surface area contributed by atoms with E-state index >= 15 is 0 Å². The fourth-order valence-corrected chi connectivity index (χ4v) is 2.55. The molecule has 4 N–H and O–H groups in total. The Morgan fingerprint density at radius 1 is 1.45 bits per heavy atom. The average molecular weight is 311 g/mol. The van der Waals surface area contributed by atoms with Crippen molar-refractivity contribution in [3.63, 3.8) is 0 Å². The highest BCUT2D eigenvalue weighted by atomic mass is 16.6. The molecule has 0 fully saturated rings. The Bertz CT molecular complexity index is 572. The number of fused-ring (bicyclic) bond motifs is 1. The number of nitrogens with zero attached hydrogens (tertiary/aromatic N) is 1. The second kappa shape index (κ2) is 6.10. The van der Waals surface area contributed by atoms with Crippen LogP contribution in [0, 0.1) is 10.1 Å².